The van der Waals surface area contributed by atoms with Crippen LogP contribution < -0.4 is 15.4 Å². The SMILES string of the molecule is CCCC(C)CNc1ccc(Cl)cc1C(=O)N[C@@H](Cc1ccc(-c2ccccc2Oc2ccccc2)cc1)C(=O)O. The van der Waals surface area contributed by atoms with Gasteiger partial charge in [-0.05, 0) is 59.9 Å². The van der Waals surface area contributed by atoms with Gasteiger partial charge < -0.3 is 20.5 Å². The number of rotatable bonds is 13. The van der Waals surface area contributed by atoms with E-state index < -0.39 is 17.9 Å². The molecule has 7 heteroatoms. The van der Waals surface area contributed by atoms with E-state index in [0.717, 1.165) is 41.0 Å². The number of hydrogen-bond acceptors (Lipinski definition) is 4. The first-order valence-corrected chi connectivity index (χ1v) is 14.2. The van der Waals surface area contributed by atoms with Crippen molar-refractivity contribution >= 4 is 29.2 Å². The second kappa shape index (κ2) is 14.4. The minimum atomic E-state index is -1.12. The number of carboxylic acids is 1. The molecule has 0 saturated carbocycles. The number of carbonyl (C=O) groups is 2. The van der Waals surface area contributed by atoms with Gasteiger partial charge in [0.25, 0.3) is 5.91 Å². The fraction of sp³-hybridized carbons (Fsp3) is 0.235. The Morgan fingerprint density at radius 1 is 0.927 bits per heavy atom. The van der Waals surface area contributed by atoms with Crippen molar-refractivity contribution in [3.05, 3.63) is 113 Å². The van der Waals surface area contributed by atoms with E-state index in [9.17, 15) is 14.7 Å². The summed E-state index contributed by atoms with van der Waals surface area (Å²) in [6.45, 7) is 4.98. The molecule has 0 aliphatic carbocycles. The summed E-state index contributed by atoms with van der Waals surface area (Å²) in [5.74, 6) is 0.284. The lowest BCUT2D eigenvalue weighted by Gasteiger charge is -2.19. The molecular formula is C34H35ClN2O4. The third-order valence-electron chi connectivity index (χ3n) is 6.81. The van der Waals surface area contributed by atoms with Crippen molar-refractivity contribution < 1.29 is 19.4 Å². The Morgan fingerprint density at radius 2 is 1.63 bits per heavy atom. The van der Waals surface area contributed by atoms with E-state index in [1.165, 1.54) is 0 Å². The lowest BCUT2D eigenvalue weighted by Crippen LogP contribution is -2.42. The number of aliphatic carboxylic acids is 1. The molecule has 6 nitrogen and oxygen atoms in total. The number of amides is 1. The van der Waals surface area contributed by atoms with Crippen LogP contribution >= 0.6 is 11.6 Å². The maximum absolute atomic E-state index is 13.2. The minimum Gasteiger partial charge on any atom is -0.480 e. The van der Waals surface area contributed by atoms with Gasteiger partial charge in [0, 0.05) is 29.2 Å². The molecule has 0 aliphatic heterocycles. The highest BCUT2D eigenvalue weighted by molar-refractivity contribution is 6.31. The predicted molar refractivity (Wildman–Crippen MR) is 165 cm³/mol. The summed E-state index contributed by atoms with van der Waals surface area (Å²) in [5, 5.41) is 16.3. The number of anilines is 1. The molecule has 0 spiro atoms. The molecule has 1 unspecified atom stereocenters. The maximum atomic E-state index is 13.2. The van der Waals surface area contributed by atoms with Crippen LogP contribution in [0.5, 0.6) is 11.5 Å². The van der Waals surface area contributed by atoms with Crippen molar-refractivity contribution in [1.82, 2.24) is 5.32 Å². The highest BCUT2D eigenvalue weighted by Gasteiger charge is 2.23. The average molecular weight is 571 g/mol. The van der Waals surface area contributed by atoms with Gasteiger partial charge in [0.05, 0.1) is 5.56 Å². The number of ether oxygens (including phenoxy) is 1. The fourth-order valence-corrected chi connectivity index (χ4v) is 4.81. The average Bonchev–Trinajstić information content (AvgIpc) is 2.97. The molecule has 0 bridgehead atoms. The van der Waals surface area contributed by atoms with Gasteiger partial charge in [-0.3, -0.25) is 4.79 Å². The molecule has 0 aliphatic rings. The van der Waals surface area contributed by atoms with Crippen LogP contribution in [-0.4, -0.2) is 29.6 Å². The van der Waals surface area contributed by atoms with Crippen LogP contribution in [0.1, 0.15) is 42.6 Å². The van der Waals surface area contributed by atoms with E-state index in [4.69, 9.17) is 16.3 Å². The Hall–Kier alpha value is -4.29. The Bertz CT molecular complexity index is 1460. The van der Waals surface area contributed by atoms with Crippen molar-refractivity contribution in [2.75, 3.05) is 11.9 Å². The molecule has 41 heavy (non-hydrogen) atoms. The van der Waals surface area contributed by atoms with Crippen molar-refractivity contribution in [2.24, 2.45) is 5.92 Å². The van der Waals surface area contributed by atoms with E-state index in [1.54, 1.807) is 18.2 Å². The van der Waals surface area contributed by atoms with E-state index in [0.29, 0.717) is 28.7 Å². The summed E-state index contributed by atoms with van der Waals surface area (Å²) in [6, 6.07) is 28.8. The van der Waals surface area contributed by atoms with Gasteiger partial charge in [0.2, 0.25) is 0 Å². The standard InChI is InChI=1S/C34H35ClN2O4/c1-3-9-23(2)22-36-30-19-18-26(35)21-29(30)33(38)37-31(34(39)40)20-24-14-16-25(17-15-24)28-12-7-8-13-32(28)41-27-10-5-4-6-11-27/h4-8,10-19,21,23,31,36H,3,9,20,22H2,1-2H3,(H,37,38)(H,39,40)/t23?,31-/m0/s1. The predicted octanol–water partition coefficient (Wildman–Crippen LogP) is 8.07. The lowest BCUT2D eigenvalue weighted by atomic mass is 9.99. The first-order valence-electron chi connectivity index (χ1n) is 13.8. The molecule has 4 rings (SSSR count). The monoisotopic (exact) mass is 570 g/mol. The summed E-state index contributed by atoms with van der Waals surface area (Å²) >= 11 is 6.19. The molecule has 0 aromatic heterocycles. The number of halogens is 1. The van der Waals surface area contributed by atoms with Gasteiger partial charge in [-0.1, -0.05) is 92.5 Å². The molecule has 0 fully saturated rings. The lowest BCUT2D eigenvalue weighted by molar-refractivity contribution is -0.139. The van der Waals surface area contributed by atoms with Gasteiger partial charge >= 0.3 is 5.97 Å². The van der Waals surface area contributed by atoms with Crippen LogP contribution in [0.25, 0.3) is 11.1 Å². The molecule has 0 heterocycles. The Balaban J connectivity index is 1.47. The number of benzene rings is 4. The van der Waals surface area contributed by atoms with Crippen molar-refractivity contribution in [3.63, 3.8) is 0 Å². The second-order valence-electron chi connectivity index (χ2n) is 10.1. The Labute approximate surface area is 246 Å². The molecular weight excluding hydrogens is 536 g/mol. The third kappa shape index (κ3) is 8.35. The quantitative estimate of drug-likeness (QED) is 0.151. The molecule has 2 atom stereocenters. The molecule has 0 radical (unpaired) electrons. The highest BCUT2D eigenvalue weighted by Crippen LogP contribution is 2.33. The number of para-hydroxylation sites is 2. The Morgan fingerprint density at radius 3 is 2.34 bits per heavy atom. The van der Waals surface area contributed by atoms with Crippen LogP contribution in [0.3, 0.4) is 0 Å². The fourth-order valence-electron chi connectivity index (χ4n) is 4.64. The van der Waals surface area contributed by atoms with Crippen molar-refractivity contribution in [1.29, 1.82) is 0 Å². The van der Waals surface area contributed by atoms with Crippen LogP contribution in [0.15, 0.2) is 97.1 Å². The summed E-state index contributed by atoms with van der Waals surface area (Å²) in [6.07, 6.45) is 2.26. The van der Waals surface area contributed by atoms with Gasteiger partial charge in [-0.2, -0.15) is 0 Å². The molecule has 1 amide bonds. The molecule has 4 aromatic carbocycles. The number of hydrogen-bond donors (Lipinski definition) is 3. The Kier molecular flexibility index (Phi) is 10.4. The van der Waals surface area contributed by atoms with Crippen molar-refractivity contribution in [3.8, 4) is 22.6 Å². The second-order valence-corrected chi connectivity index (χ2v) is 10.6. The number of carboxylic acid groups (broad SMARTS) is 1. The maximum Gasteiger partial charge on any atom is 0.326 e. The first-order chi connectivity index (χ1) is 19.8. The summed E-state index contributed by atoms with van der Waals surface area (Å²) < 4.78 is 6.10. The molecule has 4 aromatic rings. The molecule has 212 valence electrons. The van der Waals surface area contributed by atoms with E-state index in [1.807, 2.05) is 78.9 Å². The van der Waals surface area contributed by atoms with Gasteiger partial charge in [0.15, 0.2) is 0 Å². The van der Waals surface area contributed by atoms with Gasteiger partial charge in [-0.15, -0.1) is 0 Å². The van der Waals surface area contributed by atoms with E-state index >= 15 is 0 Å². The summed E-state index contributed by atoms with van der Waals surface area (Å²) in [7, 11) is 0. The van der Waals surface area contributed by atoms with Crippen molar-refractivity contribution in [2.45, 2.75) is 39.2 Å². The molecule has 3 N–H and O–H groups in total. The zero-order chi connectivity index (χ0) is 29.2. The van der Waals surface area contributed by atoms with Gasteiger partial charge in [-0.25, -0.2) is 4.79 Å². The number of carbonyl (C=O) groups excluding carboxylic acids is 1. The molecule has 0 saturated heterocycles. The van der Waals surface area contributed by atoms with Crippen LogP contribution in [-0.2, 0) is 11.2 Å². The minimum absolute atomic E-state index is 0.125. The van der Waals surface area contributed by atoms with E-state index in [2.05, 4.69) is 24.5 Å². The summed E-state index contributed by atoms with van der Waals surface area (Å²) in [5.41, 5.74) is 3.57. The van der Waals surface area contributed by atoms with Crippen LogP contribution in [0, 0.1) is 5.92 Å². The normalized spacial score (nSPS) is 12.3. The highest BCUT2D eigenvalue weighted by atomic mass is 35.5. The van der Waals surface area contributed by atoms with Crippen LogP contribution in [0.2, 0.25) is 5.02 Å². The summed E-state index contributed by atoms with van der Waals surface area (Å²) in [4.78, 5) is 25.4. The smallest absolute Gasteiger partial charge is 0.326 e. The third-order valence-corrected chi connectivity index (χ3v) is 7.05. The van der Waals surface area contributed by atoms with Gasteiger partial charge in [0.1, 0.15) is 17.5 Å². The zero-order valence-electron chi connectivity index (χ0n) is 23.3. The van der Waals surface area contributed by atoms with Crippen LogP contribution in [0.4, 0.5) is 5.69 Å². The topological polar surface area (TPSA) is 87.7 Å². The largest absolute Gasteiger partial charge is 0.480 e. The van der Waals surface area contributed by atoms with E-state index in [-0.39, 0.29) is 6.42 Å². The zero-order valence-corrected chi connectivity index (χ0v) is 24.0. The first kappa shape index (κ1) is 29.7. The number of nitrogens with one attached hydrogen (secondary N) is 2.